The lowest BCUT2D eigenvalue weighted by Gasteiger charge is -2.32. The number of aromatic nitrogens is 5. The molecular weight excluding hydrogens is 384 g/mol. The molecule has 0 radical (unpaired) electrons. The molecule has 4 rings (SSSR count). The van der Waals surface area contributed by atoms with Crippen molar-refractivity contribution >= 4 is 11.3 Å². The second-order valence-corrected chi connectivity index (χ2v) is 8.90. The second-order valence-electron chi connectivity index (χ2n) is 7.87. The van der Waals surface area contributed by atoms with Gasteiger partial charge in [-0.25, -0.2) is 4.68 Å². The lowest BCUT2D eigenvalue weighted by Crippen LogP contribution is -2.34. The fraction of sp³-hybridized carbons (Fsp3) is 0.333. The van der Waals surface area contributed by atoms with Crippen molar-refractivity contribution in [3.8, 4) is 0 Å². The topological polar surface area (TPSA) is 72.9 Å². The Kier molecular flexibility index (Phi) is 5.55. The van der Waals surface area contributed by atoms with Gasteiger partial charge in [0.15, 0.2) is 5.82 Å². The fourth-order valence-electron chi connectivity index (χ4n) is 3.35. The van der Waals surface area contributed by atoms with Crippen LogP contribution in [0.3, 0.4) is 0 Å². The molecule has 1 atom stereocenters. The number of tetrazole rings is 1. The van der Waals surface area contributed by atoms with E-state index in [1.165, 1.54) is 4.88 Å². The predicted molar refractivity (Wildman–Crippen MR) is 111 cm³/mol. The van der Waals surface area contributed by atoms with E-state index in [9.17, 15) is 0 Å². The third-order valence-corrected chi connectivity index (χ3v) is 5.48. The van der Waals surface area contributed by atoms with Crippen molar-refractivity contribution in [1.29, 1.82) is 0 Å². The Morgan fingerprint density at radius 2 is 2.03 bits per heavy atom. The van der Waals surface area contributed by atoms with E-state index >= 15 is 0 Å². The van der Waals surface area contributed by atoms with E-state index in [-0.39, 0.29) is 11.6 Å². The summed E-state index contributed by atoms with van der Waals surface area (Å²) in [6.07, 6.45) is 5.37. The highest BCUT2D eigenvalue weighted by Crippen LogP contribution is 2.32. The zero-order valence-electron chi connectivity index (χ0n) is 16.8. The molecule has 0 N–H and O–H groups in total. The number of nitrogens with zero attached hydrogens (tertiary/aromatic N) is 6. The molecule has 4 heterocycles. The quantitative estimate of drug-likeness (QED) is 0.455. The van der Waals surface area contributed by atoms with Gasteiger partial charge in [0.2, 0.25) is 0 Å². The average Bonchev–Trinajstić information content (AvgIpc) is 3.45. The van der Waals surface area contributed by atoms with Crippen LogP contribution in [0.25, 0.3) is 0 Å². The molecule has 0 bridgehead atoms. The second kappa shape index (κ2) is 8.26. The summed E-state index contributed by atoms with van der Waals surface area (Å²) in [6, 6.07) is 12.0. The van der Waals surface area contributed by atoms with Crippen LogP contribution < -0.4 is 0 Å². The lowest BCUT2D eigenvalue weighted by atomic mass is 10.0. The Labute approximate surface area is 174 Å². The van der Waals surface area contributed by atoms with Crippen LogP contribution in [-0.4, -0.2) is 30.1 Å². The molecule has 0 saturated heterocycles. The van der Waals surface area contributed by atoms with E-state index in [1.807, 2.05) is 29.1 Å². The van der Waals surface area contributed by atoms with Gasteiger partial charge in [0.1, 0.15) is 5.76 Å². The van der Waals surface area contributed by atoms with E-state index in [4.69, 9.17) is 4.42 Å². The molecule has 7 nitrogen and oxygen atoms in total. The van der Waals surface area contributed by atoms with Crippen LogP contribution in [0.5, 0.6) is 0 Å². The highest BCUT2D eigenvalue weighted by Gasteiger charge is 2.32. The minimum Gasteiger partial charge on any atom is -0.468 e. The van der Waals surface area contributed by atoms with Gasteiger partial charge < -0.3 is 4.42 Å². The Bertz CT molecular complexity index is 969. The van der Waals surface area contributed by atoms with Gasteiger partial charge in [0.25, 0.3) is 0 Å². The van der Waals surface area contributed by atoms with Gasteiger partial charge in [-0.2, -0.15) is 0 Å². The summed E-state index contributed by atoms with van der Waals surface area (Å²) in [7, 11) is 0. The van der Waals surface area contributed by atoms with E-state index in [2.05, 4.69) is 69.8 Å². The first-order valence-electron chi connectivity index (χ1n) is 9.50. The zero-order chi connectivity index (χ0) is 20.3. The molecule has 29 heavy (non-hydrogen) atoms. The maximum atomic E-state index is 5.67. The molecule has 0 saturated carbocycles. The first kappa shape index (κ1) is 19.5. The van der Waals surface area contributed by atoms with Crippen LogP contribution in [-0.2, 0) is 18.6 Å². The Balaban J connectivity index is 1.81. The highest BCUT2D eigenvalue weighted by molar-refractivity contribution is 7.09. The van der Waals surface area contributed by atoms with Crippen molar-refractivity contribution in [2.24, 2.45) is 0 Å². The molecule has 1 unspecified atom stereocenters. The summed E-state index contributed by atoms with van der Waals surface area (Å²) in [5.74, 6) is 1.68. The van der Waals surface area contributed by atoms with Gasteiger partial charge in [-0.05, 0) is 66.4 Å². The maximum absolute atomic E-state index is 5.67. The van der Waals surface area contributed by atoms with Crippen molar-refractivity contribution in [2.45, 2.75) is 45.4 Å². The maximum Gasteiger partial charge on any atom is 0.173 e. The summed E-state index contributed by atoms with van der Waals surface area (Å²) in [5.41, 5.74) is 0.786. The number of thiophene rings is 1. The van der Waals surface area contributed by atoms with Crippen LogP contribution in [0, 0.1) is 0 Å². The minimum absolute atomic E-state index is 0.176. The van der Waals surface area contributed by atoms with Crippen molar-refractivity contribution in [2.75, 3.05) is 0 Å². The molecule has 150 valence electrons. The average molecular weight is 409 g/mol. The SMILES string of the molecule is CC(C)(C)n1nnnc1C(c1cccnc1)N(Cc1ccco1)Cc1cccs1. The van der Waals surface area contributed by atoms with Crippen LogP contribution in [0.2, 0.25) is 0 Å². The van der Waals surface area contributed by atoms with E-state index < -0.39 is 0 Å². The number of furan rings is 1. The minimum atomic E-state index is -0.251. The van der Waals surface area contributed by atoms with E-state index in [1.54, 1.807) is 23.8 Å². The number of rotatable bonds is 7. The molecule has 0 aliphatic heterocycles. The number of hydrogen-bond donors (Lipinski definition) is 0. The molecule has 4 aromatic heterocycles. The molecule has 4 aromatic rings. The van der Waals surface area contributed by atoms with Gasteiger partial charge in [-0.3, -0.25) is 9.88 Å². The molecule has 0 spiro atoms. The van der Waals surface area contributed by atoms with E-state index in [0.717, 1.165) is 23.7 Å². The van der Waals surface area contributed by atoms with Crippen LogP contribution in [0.1, 0.15) is 48.8 Å². The number of pyridine rings is 1. The summed E-state index contributed by atoms with van der Waals surface area (Å²) < 4.78 is 7.57. The molecule has 0 aromatic carbocycles. The Morgan fingerprint density at radius 1 is 1.14 bits per heavy atom. The van der Waals surface area contributed by atoms with Gasteiger partial charge in [-0.1, -0.05) is 12.1 Å². The predicted octanol–water partition coefficient (Wildman–Crippen LogP) is 4.27. The van der Waals surface area contributed by atoms with Crippen molar-refractivity contribution in [3.63, 3.8) is 0 Å². The summed E-state index contributed by atoms with van der Waals surface area (Å²) in [4.78, 5) is 7.95. The highest BCUT2D eigenvalue weighted by atomic mass is 32.1. The van der Waals surface area contributed by atoms with E-state index in [0.29, 0.717) is 6.54 Å². The van der Waals surface area contributed by atoms with Crippen molar-refractivity contribution < 1.29 is 4.42 Å². The normalized spacial score (nSPS) is 13.1. The van der Waals surface area contributed by atoms with Crippen LogP contribution in [0.15, 0.2) is 64.9 Å². The third kappa shape index (κ3) is 4.44. The van der Waals surface area contributed by atoms with Gasteiger partial charge in [0.05, 0.1) is 24.4 Å². The first-order chi connectivity index (χ1) is 14.0. The first-order valence-corrected chi connectivity index (χ1v) is 10.4. The Morgan fingerprint density at radius 3 is 2.69 bits per heavy atom. The zero-order valence-corrected chi connectivity index (χ0v) is 17.6. The lowest BCUT2D eigenvalue weighted by molar-refractivity contribution is 0.173. The Hall–Kier alpha value is -2.84. The molecule has 0 aliphatic carbocycles. The van der Waals surface area contributed by atoms with Crippen LogP contribution in [0.4, 0.5) is 0 Å². The smallest absolute Gasteiger partial charge is 0.173 e. The summed E-state index contributed by atoms with van der Waals surface area (Å²) in [6.45, 7) is 7.67. The summed E-state index contributed by atoms with van der Waals surface area (Å²) in [5, 5.41) is 14.8. The third-order valence-electron chi connectivity index (χ3n) is 4.62. The van der Waals surface area contributed by atoms with Gasteiger partial charge >= 0.3 is 0 Å². The molecular formula is C21H24N6OS. The van der Waals surface area contributed by atoms with Gasteiger partial charge in [0, 0.05) is 23.8 Å². The summed E-state index contributed by atoms with van der Waals surface area (Å²) >= 11 is 1.74. The fourth-order valence-corrected chi connectivity index (χ4v) is 4.08. The molecule has 0 fully saturated rings. The molecule has 0 amide bonds. The van der Waals surface area contributed by atoms with Crippen molar-refractivity contribution in [3.05, 3.63) is 82.5 Å². The van der Waals surface area contributed by atoms with Crippen LogP contribution >= 0.6 is 11.3 Å². The molecule has 0 aliphatic rings. The monoisotopic (exact) mass is 408 g/mol. The van der Waals surface area contributed by atoms with Gasteiger partial charge in [-0.15, -0.1) is 16.4 Å². The molecule has 8 heteroatoms. The largest absolute Gasteiger partial charge is 0.468 e. The number of hydrogen-bond acceptors (Lipinski definition) is 7. The van der Waals surface area contributed by atoms with Crippen molar-refractivity contribution in [1.82, 2.24) is 30.1 Å². The standard InChI is InChI=1S/C21H24N6OS/c1-21(2,3)27-20(23-24-25-27)19(16-7-4-10-22-13-16)26(14-17-8-5-11-28-17)15-18-9-6-12-29-18/h4-13,19H,14-15H2,1-3H3.